The maximum absolute atomic E-state index is 11.4. The summed E-state index contributed by atoms with van der Waals surface area (Å²) in [6.45, 7) is 4.31. The number of carbonyl (C=O) groups excluding carboxylic acids is 1. The van der Waals surface area contributed by atoms with E-state index in [1.165, 1.54) is 12.8 Å². The van der Waals surface area contributed by atoms with Crippen molar-refractivity contribution >= 4 is 5.97 Å². The van der Waals surface area contributed by atoms with E-state index in [4.69, 9.17) is 10.5 Å². The van der Waals surface area contributed by atoms with Gasteiger partial charge < -0.3 is 10.5 Å². The summed E-state index contributed by atoms with van der Waals surface area (Å²) in [6.07, 6.45) is 4.47. The molecule has 0 amide bonds. The predicted molar refractivity (Wildman–Crippen MR) is 51.2 cm³/mol. The van der Waals surface area contributed by atoms with Crippen LogP contribution in [0.15, 0.2) is 0 Å². The van der Waals surface area contributed by atoms with Crippen LogP contribution >= 0.6 is 0 Å². The van der Waals surface area contributed by atoms with E-state index in [1.54, 1.807) is 0 Å². The maximum atomic E-state index is 11.4. The quantitative estimate of drug-likeness (QED) is 0.677. The molecule has 0 bridgehead atoms. The molecule has 1 unspecified atom stereocenters. The number of rotatable bonds is 3. The summed E-state index contributed by atoms with van der Waals surface area (Å²) in [4.78, 5) is 11.4. The van der Waals surface area contributed by atoms with Gasteiger partial charge in [0.15, 0.2) is 0 Å². The second-order valence-electron chi connectivity index (χ2n) is 4.09. The molecule has 3 nitrogen and oxygen atoms in total. The lowest BCUT2D eigenvalue weighted by Crippen LogP contribution is -2.45. The lowest BCUT2D eigenvalue weighted by molar-refractivity contribution is -0.147. The largest absolute Gasteiger partial charge is 0.465 e. The normalized spacial score (nSPS) is 22.7. The Bertz CT molecular complexity index is 185. The second-order valence-corrected chi connectivity index (χ2v) is 4.09. The third-order valence-electron chi connectivity index (χ3n) is 3.04. The Kier molecular flexibility index (Phi) is 3.31. The fourth-order valence-corrected chi connectivity index (χ4v) is 2.01. The molecule has 0 radical (unpaired) electrons. The average molecular weight is 185 g/mol. The Balaban J connectivity index is 2.54. The third kappa shape index (κ3) is 2.21. The Labute approximate surface area is 79.6 Å². The van der Waals surface area contributed by atoms with Crippen molar-refractivity contribution in [2.75, 3.05) is 6.61 Å². The number of nitrogens with two attached hydrogens (primary N) is 1. The van der Waals surface area contributed by atoms with Crippen molar-refractivity contribution in [3.63, 3.8) is 0 Å². The molecule has 1 fully saturated rings. The third-order valence-corrected chi connectivity index (χ3v) is 3.04. The Morgan fingerprint density at radius 2 is 2.08 bits per heavy atom. The molecule has 1 atom stereocenters. The summed E-state index contributed by atoms with van der Waals surface area (Å²) in [5.41, 5.74) is 5.85. The zero-order chi connectivity index (χ0) is 9.90. The molecule has 0 aliphatic heterocycles. The van der Waals surface area contributed by atoms with Gasteiger partial charge in [-0.2, -0.15) is 0 Å². The first-order chi connectivity index (χ1) is 6.10. The van der Waals surface area contributed by atoms with E-state index >= 15 is 0 Å². The van der Waals surface area contributed by atoms with Crippen LogP contribution < -0.4 is 5.73 Å². The highest BCUT2D eigenvalue weighted by atomic mass is 16.5. The fourth-order valence-electron chi connectivity index (χ4n) is 2.01. The molecule has 0 aromatic carbocycles. The van der Waals surface area contributed by atoms with Crippen LogP contribution in [0.1, 0.15) is 39.5 Å². The molecule has 0 heterocycles. The lowest BCUT2D eigenvalue weighted by Gasteiger charge is -2.28. The fraction of sp³-hybridized carbons (Fsp3) is 0.900. The van der Waals surface area contributed by atoms with Gasteiger partial charge in [-0.05, 0) is 25.2 Å². The van der Waals surface area contributed by atoms with E-state index in [0.717, 1.165) is 12.8 Å². The average Bonchev–Trinajstić information content (AvgIpc) is 2.52. The van der Waals surface area contributed by atoms with Crippen LogP contribution in [0.3, 0.4) is 0 Å². The number of carbonyl (C=O) groups is 1. The Morgan fingerprint density at radius 3 is 2.54 bits per heavy atom. The van der Waals surface area contributed by atoms with Gasteiger partial charge in [-0.3, -0.25) is 4.79 Å². The van der Waals surface area contributed by atoms with E-state index in [1.807, 2.05) is 6.92 Å². The van der Waals surface area contributed by atoms with E-state index < -0.39 is 6.04 Å². The van der Waals surface area contributed by atoms with Crippen LogP contribution in [-0.2, 0) is 9.53 Å². The summed E-state index contributed by atoms with van der Waals surface area (Å²) >= 11 is 0. The summed E-state index contributed by atoms with van der Waals surface area (Å²) in [7, 11) is 0. The van der Waals surface area contributed by atoms with Crippen molar-refractivity contribution in [1.82, 2.24) is 0 Å². The van der Waals surface area contributed by atoms with Gasteiger partial charge in [0, 0.05) is 0 Å². The van der Waals surface area contributed by atoms with Crippen LogP contribution in [0, 0.1) is 5.41 Å². The number of esters is 1. The molecule has 13 heavy (non-hydrogen) atoms. The summed E-state index contributed by atoms with van der Waals surface area (Å²) in [6, 6.07) is -0.435. The summed E-state index contributed by atoms with van der Waals surface area (Å²) < 4.78 is 4.92. The molecule has 0 spiro atoms. The minimum absolute atomic E-state index is 0.0216. The van der Waals surface area contributed by atoms with Crippen molar-refractivity contribution in [2.24, 2.45) is 11.1 Å². The van der Waals surface area contributed by atoms with Gasteiger partial charge in [0.1, 0.15) is 6.04 Å². The molecule has 3 heteroatoms. The van der Waals surface area contributed by atoms with Crippen LogP contribution in [0.5, 0.6) is 0 Å². The highest BCUT2D eigenvalue weighted by molar-refractivity contribution is 5.76. The molecular formula is C10H19NO2. The molecule has 0 saturated heterocycles. The Hall–Kier alpha value is -0.570. The number of hydrogen-bond acceptors (Lipinski definition) is 3. The molecule has 1 aliphatic rings. The predicted octanol–water partition coefficient (Wildman–Crippen LogP) is 1.46. The summed E-state index contributed by atoms with van der Waals surface area (Å²) in [5, 5.41) is 0. The first-order valence-corrected chi connectivity index (χ1v) is 5.02. The van der Waals surface area contributed by atoms with Gasteiger partial charge in [0.25, 0.3) is 0 Å². The van der Waals surface area contributed by atoms with Gasteiger partial charge in [-0.25, -0.2) is 0 Å². The number of hydrogen-bond donors (Lipinski definition) is 1. The van der Waals surface area contributed by atoms with E-state index in [-0.39, 0.29) is 11.4 Å². The molecule has 0 aromatic rings. The maximum Gasteiger partial charge on any atom is 0.323 e. The first kappa shape index (κ1) is 10.5. The van der Waals surface area contributed by atoms with Gasteiger partial charge in [0.2, 0.25) is 0 Å². The van der Waals surface area contributed by atoms with Crippen molar-refractivity contribution in [3.8, 4) is 0 Å². The molecular weight excluding hydrogens is 166 g/mol. The van der Waals surface area contributed by atoms with Crippen LogP contribution in [0.25, 0.3) is 0 Å². The van der Waals surface area contributed by atoms with Gasteiger partial charge in [0.05, 0.1) is 6.61 Å². The second kappa shape index (κ2) is 4.09. The van der Waals surface area contributed by atoms with Gasteiger partial charge in [-0.1, -0.05) is 19.8 Å². The molecule has 1 rings (SSSR count). The topological polar surface area (TPSA) is 52.3 Å². The zero-order valence-corrected chi connectivity index (χ0v) is 8.51. The lowest BCUT2D eigenvalue weighted by atomic mass is 9.81. The highest BCUT2D eigenvalue weighted by Crippen LogP contribution is 2.39. The standard InChI is InChI=1S/C10H19NO2/c1-3-13-9(12)8(11)10(2)6-4-5-7-10/h8H,3-7,11H2,1-2H3. The molecule has 2 N–H and O–H groups in total. The smallest absolute Gasteiger partial charge is 0.323 e. The van der Waals surface area contributed by atoms with Gasteiger partial charge >= 0.3 is 5.97 Å². The molecule has 1 saturated carbocycles. The SMILES string of the molecule is CCOC(=O)C(N)C1(C)CCCC1. The van der Waals surface area contributed by atoms with Crippen molar-refractivity contribution < 1.29 is 9.53 Å². The molecule has 0 aromatic heterocycles. The van der Waals surface area contributed by atoms with Crippen molar-refractivity contribution in [1.29, 1.82) is 0 Å². The number of ether oxygens (including phenoxy) is 1. The molecule has 1 aliphatic carbocycles. The van der Waals surface area contributed by atoms with Gasteiger partial charge in [-0.15, -0.1) is 0 Å². The minimum atomic E-state index is -0.435. The van der Waals surface area contributed by atoms with Crippen LogP contribution in [0.4, 0.5) is 0 Å². The molecule has 76 valence electrons. The summed E-state index contributed by atoms with van der Waals surface area (Å²) in [5.74, 6) is -0.244. The van der Waals surface area contributed by atoms with E-state index in [0.29, 0.717) is 6.61 Å². The first-order valence-electron chi connectivity index (χ1n) is 5.02. The van der Waals surface area contributed by atoms with Crippen molar-refractivity contribution in [3.05, 3.63) is 0 Å². The van der Waals surface area contributed by atoms with Crippen LogP contribution in [-0.4, -0.2) is 18.6 Å². The van der Waals surface area contributed by atoms with E-state index in [9.17, 15) is 4.79 Å². The van der Waals surface area contributed by atoms with E-state index in [2.05, 4.69) is 6.92 Å². The monoisotopic (exact) mass is 185 g/mol. The highest BCUT2D eigenvalue weighted by Gasteiger charge is 2.39. The zero-order valence-electron chi connectivity index (χ0n) is 8.51. The minimum Gasteiger partial charge on any atom is -0.465 e. The Morgan fingerprint density at radius 1 is 1.54 bits per heavy atom. The van der Waals surface area contributed by atoms with Crippen LogP contribution in [0.2, 0.25) is 0 Å². The van der Waals surface area contributed by atoms with Crippen molar-refractivity contribution in [2.45, 2.75) is 45.6 Å².